The maximum Gasteiger partial charge on any atom is 0.443 e. The van der Waals surface area contributed by atoms with E-state index in [1.807, 2.05) is 0 Å². The van der Waals surface area contributed by atoms with Gasteiger partial charge in [-0.2, -0.15) is 13.2 Å². The Labute approximate surface area is 105 Å². The molecular formula is C10H11F3N2O2S. The second-order valence-corrected chi connectivity index (χ2v) is 4.98. The molecule has 1 aromatic rings. The van der Waals surface area contributed by atoms with Crippen LogP contribution >= 0.6 is 11.3 Å². The first-order chi connectivity index (χ1) is 8.41. The lowest BCUT2D eigenvalue weighted by Crippen LogP contribution is -2.30. The Morgan fingerprint density at radius 1 is 1.61 bits per heavy atom. The van der Waals surface area contributed by atoms with E-state index in [-0.39, 0.29) is 16.8 Å². The van der Waals surface area contributed by atoms with Crippen LogP contribution < -0.4 is 5.32 Å². The molecule has 100 valence electrons. The highest BCUT2D eigenvalue weighted by atomic mass is 32.1. The van der Waals surface area contributed by atoms with E-state index in [9.17, 15) is 18.0 Å². The summed E-state index contributed by atoms with van der Waals surface area (Å²) >= 11 is 0.377. The van der Waals surface area contributed by atoms with Crippen LogP contribution in [-0.2, 0) is 10.9 Å². The minimum atomic E-state index is -4.50. The van der Waals surface area contributed by atoms with Gasteiger partial charge in [-0.1, -0.05) is 0 Å². The van der Waals surface area contributed by atoms with Crippen LogP contribution in [-0.4, -0.2) is 36.6 Å². The summed E-state index contributed by atoms with van der Waals surface area (Å²) in [4.78, 5) is 15.2. The van der Waals surface area contributed by atoms with Gasteiger partial charge in [0.15, 0.2) is 10.8 Å². The third kappa shape index (κ3) is 2.70. The molecule has 0 amide bonds. The number of thiazole rings is 1. The Balaban J connectivity index is 2.08. The van der Waals surface area contributed by atoms with E-state index >= 15 is 0 Å². The van der Waals surface area contributed by atoms with Crippen molar-refractivity contribution in [2.24, 2.45) is 0 Å². The number of nitrogens with one attached hydrogen (secondary N) is 1. The number of rotatable bonds is 3. The average molecular weight is 280 g/mol. The first-order valence-corrected chi connectivity index (χ1v) is 6.07. The molecule has 4 nitrogen and oxygen atoms in total. The Hall–Kier alpha value is -0.990. The van der Waals surface area contributed by atoms with E-state index in [0.29, 0.717) is 24.3 Å². The Kier molecular flexibility index (Phi) is 3.69. The summed E-state index contributed by atoms with van der Waals surface area (Å²) in [6.45, 7) is 0.526. The van der Waals surface area contributed by atoms with Crippen LogP contribution in [0.25, 0.3) is 0 Å². The molecule has 1 N–H and O–H groups in total. The monoisotopic (exact) mass is 280 g/mol. The van der Waals surface area contributed by atoms with Gasteiger partial charge in [0.2, 0.25) is 0 Å². The number of halogens is 3. The van der Waals surface area contributed by atoms with Gasteiger partial charge in [-0.15, -0.1) is 11.3 Å². The van der Waals surface area contributed by atoms with Crippen molar-refractivity contribution in [1.82, 2.24) is 10.3 Å². The van der Waals surface area contributed by atoms with Gasteiger partial charge in [0.1, 0.15) is 0 Å². The second kappa shape index (κ2) is 4.94. The summed E-state index contributed by atoms with van der Waals surface area (Å²) in [6.07, 6.45) is -3.12. The fourth-order valence-corrected chi connectivity index (χ4v) is 2.55. The molecule has 0 saturated carbocycles. The Morgan fingerprint density at radius 2 is 2.33 bits per heavy atom. The zero-order valence-electron chi connectivity index (χ0n) is 9.45. The van der Waals surface area contributed by atoms with Crippen molar-refractivity contribution in [3.8, 4) is 0 Å². The Bertz CT molecular complexity index is 447. The molecule has 2 atom stereocenters. The fourth-order valence-electron chi connectivity index (χ4n) is 1.77. The maximum atomic E-state index is 12.4. The molecule has 0 spiro atoms. The minimum absolute atomic E-state index is 0.0246. The highest BCUT2D eigenvalue weighted by molar-refractivity contribution is 7.13. The first kappa shape index (κ1) is 13.4. The fraction of sp³-hybridized carbons (Fsp3) is 0.600. The van der Waals surface area contributed by atoms with Crippen molar-refractivity contribution in [2.75, 3.05) is 13.7 Å². The van der Waals surface area contributed by atoms with Crippen molar-refractivity contribution in [1.29, 1.82) is 0 Å². The minimum Gasteiger partial charge on any atom is -0.380 e. The van der Waals surface area contributed by atoms with Gasteiger partial charge in [-0.05, 0) is 6.42 Å². The summed E-state index contributed by atoms with van der Waals surface area (Å²) in [5, 5.41) is 1.93. The number of carbonyl (C=O) groups is 1. The van der Waals surface area contributed by atoms with Crippen LogP contribution in [0.3, 0.4) is 0 Å². The highest BCUT2D eigenvalue weighted by Gasteiger charge is 2.37. The smallest absolute Gasteiger partial charge is 0.380 e. The predicted molar refractivity (Wildman–Crippen MR) is 58.7 cm³/mol. The lowest BCUT2D eigenvalue weighted by molar-refractivity contribution is -0.137. The van der Waals surface area contributed by atoms with E-state index < -0.39 is 17.2 Å². The number of Topliss-reactive ketones (excluding diaryl/α,β-unsaturated/α-hetero) is 1. The molecule has 1 fully saturated rings. The quantitative estimate of drug-likeness (QED) is 0.857. The summed E-state index contributed by atoms with van der Waals surface area (Å²) in [5.41, 5.74) is 0. The van der Waals surface area contributed by atoms with Crippen molar-refractivity contribution in [2.45, 2.75) is 24.7 Å². The molecule has 1 aliphatic rings. The van der Waals surface area contributed by atoms with Crippen molar-refractivity contribution in [3.63, 3.8) is 0 Å². The van der Waals surface area contributed by atoms with Crippen LogP contribution in [0.15, 0.2) is 6.20 Å². The van der Waals surface area contributed by atoms with Gasteiger partial charge in [0.05, 0.1) is 17.0 Å². The third-order valence-electron chi connectivity index (χ3n) is 2.73. The van der Waals surface area contributed by atoms with Gasteiger partial charge in [0.25, 0.3) is 0 Å². The van der Waals surface area contributed by atoms with Crippen LogP contribution in [0.1, 0.15) is 21.1 Å². The zero-order chi connectivity index (χ0) is 13.3. The molecular weight excluding hydrogens is 269 g/mol. The molecule has 1 saturated heterocycles. The molecule has 8 heteroatoms. The number of nitrogens with zero attached hydrogens (tertiary/aromatic N) is 1. The number of ketones is 1. The van der Waals surface area contributed by atoms with E-state index in [0.717, 1.165) is 6.20 Å². The number of methoxy groups -OCH3 is 1. The molecule has 2 rings (SSSR count). The molecule has 2 heterocycles. The van der Waals surface area contributed by atoms with Crippen LogP contribution in [0.4, 0.5) is 13.2 Å². The largest absolute Gasteiger partial charge is 0.443 e. The molecule has 0 bridgehead atoms. The summed E-state index contributed by atoms with van der Waals surface area (Å²) < 4.78 is 42.2. The molecule has 0 aromatic carbocycles. The number of alkyl halides is 3. The third-order valence-corrected chi connectivity index (χ3v) is 3.79. The predicted octanol–water partition coefficient (Wildman–Crippen LogP) is 1.72. The zero-order valence-corrected chi connectivity index (χ0v) is 10.3. The van der Waals surface area contributed by atoms with Crippen LogP contribution in [0.5, 0.6) is 0 Å². The second-order valence-electron chi connectivity index (χ2n) is 3.95. The maximum absolute atomic E-state index is 12.4. The summed E-state index contributed by atoms with van der Waals surface area (Å²) in [6, 6.07) is -0.489. The van der Waals surface area contributed by atoms with E-state index in [4.69, 9.17) is 4.74 Å². The normalized spacial score (nSPS) is 24.4. The van der Waals surface area contributed by atoms with Crippen LogP contribution in [0.2, 0.25) is 0 Å². The van der Waals surface area contributed by atoms with Gasteiger partial charge in [-0.25, -0.2) is 4.98 Å². The van der Waals surface area contributed by atoms with Crippen molar-refractivity contribution < 1.29 is 22.7 Å². The standard InChI is InChI=1S/C10H11F3N2O2S/c1-17-5-2-6(14-3-5)8(16)7-4-15-9(18-7)10(11,12)13/h4-6,14H,2-3H2,1H3. The van der Waals surface area contributed by atoms with Gasteiger partial charge in [0, 0.05) is 19.9 Å². The van der Waals surface area contributed by atoms with Crippen LogP contribution in [0, 0.1) is 0 Å². The topological polar surface area (TPSA) is 51.2 Å². The molecule has 0 aliphatic carbocycles. The average Bonchev–Trinajstić information content (AvgIpc) is 2.96. The summed E-state index contributed by atoms with van der Waals surface area (Å²) in [5.74, 6) is -0.359. The molecule has 0 radical (unpaired) electrons. The number of aromatic nitrogens is 1. The molecule has 1 aliphatic heterocycles. The van der Waals surface area contributed by atoms with Crippen molar-refractivity contribution in [3.05, 3.63) is 16.1 Å². The van der Waals surface area contributed by atoms with Gasteiger partial charge >= 0.3 is 6.18 Å². The number of hydrogen-bond acceptors (Lipinski definition) is 5. The summed E-state index contributed by atoms with van der Waals surface area (Å²) in [7, 11) is 1.54. The highest BCUT2D eigenvalue weighted by Crippen LogP contribution is 2.33. The SMILES string of the molecule is COC1CNC(C(=O)c2cnc(C(F)(F)F)s2)C1. The number of ether oxygens (including phenoxy) is 1. The Morgan fingerprint density at radius 3 is 2.83 bits per heavy atom. The lowest BCUT2D eigenvalue weighted by atomic mass is 10.1. The van der Waals surface area contributed by atoms with E-state index in [1.54, 1.807) is 0 Å². The van der Waals surface area contributed by atoms with E-state index in [2.05, 4.69) is 10.3 Å². The lowest BCUT2D eigenvalue weighted by Gasteiger charge is -2.07. The van der Waals surface area contributed by atoms with Gasteiger partial charge < -0.3 is 10.1 Å². The number of carbonyl (C=O) groups excluding carboxylic acids is 1. The molecule has 18 heavy (non-hydrogen) atoms. The molecule has 1 aromatic heterocycles. The van der Waals surface area contributed by atoms with Gasteiger partial charge in [-0.3, -0.25) is 4.79 Å². The van der Waals surface area contributed by atoms with Crippen molar-refractivity contribution >= 4 is 17.1 Å². The first-order valence-electron chi connectivity index (χ1n) is 5.25. The molecule has 2 unspecified atom stereocenters. The van der Waals surface area contributed by atoms with E-state index in [1.165, 1.54) is 7.11 Å². The number of hydrogen-bond donors (Lipinski definition) is 1.